The molecule has 1 aromatic carbocycles. The largest absolute Gasteiger partial charge is 0.492 e. The van der Waals surface area contributed by atoms with Gasteiger partial charge in [0.05, 0.1) is 17.3 Å². The van der Waals surface area contributed by atoms with Crippen LogP contribution in [0.1, 0.15) is 59.9 Å². The molecule has 164 valence electrons. The van der Waals surface area contributed by atoms with Gasteiger partial charge in [-0.25, -0.2) is 13.4 Å². The van der Waals surface area contributed by atoms with Gasteiger partial charge in [0, 0.05) is 18.8 Å². The van der Waals surface area contributed by atoms with Crippen molar-refractivity contribution in [3.05, 3.63) is 33.8 Å². The van der Waals surface area contributed by atoms with Crippen molar-refractivity contribution in [2.45, 2.75) is 57.8 Å². The van der Waals surface area contributed by atoms with Crippen LogP contribution in [0.25, 0.3) is 0 Å². The Labute approximate surface area is 182 Å². The van der Waals surface area contributed by atoms with Crippen molar-refractivity contribution in [1.29, 1.82) is 0 Å². The second kappa shape index (κ2) is 9.89. The van der Waals surface area contributed by atoms with Gasteiger partial charge in [0.15, 0.2) is 0 Å². The van der Waals surface area contributed by atoms with Crippen LogP contribution in [-0.4, -0.2) is 43.3 Å². The molecule has 1 N–H and O–H groups in total. The average Bonchev–Trinajstić information content (AvgIpc) is 3.38. The molecular weight excluding hydrogens is 422 g/mol. The fourth-order valence-electron chi connectivity index (χ4n) is 3.42. The number of hydrogen-bond donors (Lipinski definition) is 1. The van der Waals surface area contributed by atoms with Gasteiger partial charge < -0.3 is 10.1 Å². The van der Waals surface area contributed by atoms with Gasteiger partial charge in [0.2, 0.25) is 10.0 Å². The van der Waals surface area contributed by atoms with E-state index >= 15 is 0 Å². The van der Waals surface area contributed by atoms with E-state index in [4.69, 9.17) is 4.74 Å². The number of thiazole rings is 1. The lowest BCUT2D eigenvalue weighted by Crippen LogP contribution is -2.28. The fraction of sp³-hybridized carbons (Fsp3) is 0.524. The number of sulfonamides is 1. The van der Waals surface area contributed by atoms with Crippen molar-refractivity contribution < 1.29 is 17.9 Å². The molecule has 1 aliphatic rings. The van der Waals surface area contributed by atoms with Crippen LogP contribution in [0.5, 0.6) is 5.75 Å². The van der Waals surface area contributed by atoms with E-state index in [2.05, 4.69) is 17.2 Å². The van der Waals surface area contributed by atoms with Crippen molar-refractivity contribution in [2.24, 2.45) is 0 Å². The summed E-state index contributed by atoms with van der Waals surface area (Å²) in [6.45, 7) is 7.12. The number of unbranched alkanes of at least 4 members (excludes halogenated alkanes) is 1. The van der Waals surface area contributed by atoms with E-state index in [1.54, 1.807) is 12.1 Å². The number of anilines is 1. The Hall–Kier alpha value is -1.97. The standard InChI is InChI=1S/C21H29N3O4S2/c1-4-6-9-19-22-15(3)20(29-19)21(25)23-16-10-11-17(28-5-2)18(14-16)30(26,27)24-12-7-8-13-24/h10-11,14H,4-9,12-13H2,1-3H3,(H,23,25). The third-order valence-electron chi connectivity index (χ3n) is 4.98. The molecule has 1 aromatic heterocycles. The van der Waals surface area contributed by atoms with E-state index < -0.39 is 10.0 Å². The first-order valence-corrected chi connectivity index (χ1v) is 12.7. The molecule has 3 rings (SSSR count). The van der Waals surface area contributed by atoms with E-state index in [0.29, 0.717) is 41.7 Å². The van der Waals surface area contributed by atoms with E-state index in [0.717, 1.165) is 37.1 Å². The molecule has 2 aromatic rings. The lowest BCUT2D eigenvalue weighted by Gasteiger charge is -2.19. The second-order valence-corrected chi connectivity index (χ2v) is 10.3. The van der Waals surface area contributed by atoms with E-state index in [1.165, 1.54) is 21.7 Å². The Kier molecular flexibility index (Phi) is 7.49. The van der Waals surface area contributed by atoms with E-state index in [-0.39, 0.29) is 10.8 Å². The zero-order chi connectivity index (χ0) is 21.7. The Bertz CT molecular complexity index is 996. The molecule has 1 amide bonds. The third-order valence-corrected chi connectivity index (χ3v) is 8.11. The number of aromatic nitrogens is 1. The smallest absolute Gasteiger partial charge is 0.267 e. The fourth-order valence-corrected chi connectivity index (χ4v) is 6.09. The summed E-state index contributed by atoms with van der Waals surface area (Å²) in [5.41, 5.74) is 1.11. The summed E-state index contributed by atoms with van der Waals surface area (Å²) in [6, 6.07) is 4.76. The van der Waals surface area contributed by atoms with Crippen LogP contribution < -0.4 is 10.1 Å². The normalized spacial score (nSPS) is 14.8. The molecule has 0 spiro atoms. The van der Waals surface area contributed by atoms with Crippen molar-refractivity contribution in [3.63, 3.8) is 0 Å². The van der Waals surface area contributed by atoms with Gasteiger partial charge in [-0.2, -0.15) is 4.31 Å². The maximum absolute atomic E-state index is 13.1. The minimum absolute atomic E-state index is 0.0914. The van der Waals surface area contributed by atoms with Crippen LogP contribution in [0.4, 0.5) is 5.69 Å². The number of hydrogen-bond acceptors (Lipinski definition) is 6. The Balaban J connectivity index is 1.86. The van der Waals surface area contributed by atoms with E-state index in [1.807, 2.05) is 13.8 Å². The first-order valence-electron chi connectivity index (χ1n) is 10.4. The molecule has 7 nitrogen and oxygen atoms in total. The van der Waals surface area contributed by atoms with E-state index in [9.17, 15) is 13.2 Å². The number of nitrogens with zero attached hydrogens (tertiary/aromatic N) is 2. The Morgan fingerprint density at radius 2 is 2.00 bits per heavy atom. The van der Waals surface area contributed by atoms with Crippen LogP contribution >= 0.6 is 11.3 Å². The summed E-state index contributed by atoms with van der Waals surface area (Å²) in [4.78, 5) is 18.0. The van der Waals surface area contributed by atoms with Gasteiger partial charge in [0.1, 0.15) is 15.5 Å². The molecular formula is C21H29N3O4S2. The third kappa shape index (κ3) is 5.01. The Morgan fingerprint density at radius 3 is 2.67 bits per heavy atom. The summed E-state index contributed by atoms with van der Waals surface area (Å²) in [7, 11) is -3.68. The van der Waals surface area contributed by atoms with Crippen molar-refractivity contribution in [1.82, 2.24) is 9.29 Å². The van der Waals surface area contributed by atoms with Crippen LogP contribution in [-0.2, 0) is 16.4 Å². The number of amides is 1. The molecule has 1 aliphatic heterocycles. The number of ether oxygens (including phenoxy) is 1. The minimum atomic E-state index is -3.68. The minimum Gasteiger partial charge on any atom is -0.492 e. The summed E-state index contributed by atoms with van der Waals surface area (Å²) >= 11 is 1.39. The molecule has 0 bridgehead atoms. The molecule has 0 unspecified atom stereocenters. The molecule has 0 radical (unpaired) electrons. The molecule has 2 heterocycles. The number of carbonyl (C=O) groups is 1. The highest BCUT2D eigenvalue weighted by Gasteiger charge is 2.30. The van der Waals surface area contributed by atoms with Gasteiger partial charge in [-0.05, 0) is 57.7 Å². The van der Waals surface area contributed by atoms with Gasteiger partial charge in [-0.3, -0.25) is 4.79 Å². The highest BCUT2D eigenvalue weighted by atomic mass is 32.2. The molecule has 1 saturated heterocycles. The number of rotatable bonds is 9. The van der Waals surface area contributed by atoms with Crippen LogP contribution in [0.2, 0.25) is 0 Å². The molecule has 0 atom stereocenters. The zero-order valence-corrected chi connectivity index (χ0v) is 19.4. The monoisotopic (exact) mass is 451 g/mol. The van der Waals surface area contributed by atoms with Gasteiger partial charge >= 0.3 is 0 Å². The number of benzene rings is 1. The maximum atomic E-state index is 13.1. The average molecular weight is 452 g/mol. The second-order valence-electron chi connectivity index (χ2n) is 7.29. The summed E-state index contributed by atoms with van der Waals surface area (Å²) in [5.74, 6) is 0.0275. The maximum Gasteiger partial charge on any atom is 0.267 e. The van der Waals surface area contributed by atoms with Crippen LogP contribution in [0.15, 0.2) is 23.1 Å². The first kappa shape index (κ1) is 22.7. The summed E-state index contributed by atoms with van der Waals surface area (Å²) in [6.07, 6.45) is 4.66. The Morgan fingerprint density at radius 1 is 1.27 bits per heavy atom. The van der Waals surface area contributed by atoms with Gasteiger partial charge in [0.25, 0.3) is 5.91 Å². The molecule has 1 fully saturated rings. The predicted octanol–water partition coefficient (Wildman–Crippen LogP) is 4.23. The van der Waals surface area contributed by atoms with Crippen molar-refractivity contribution >= 4 is 33.0 Å². The number of carbonyl (C=O) groups excluding carboxylic acids is 1. The SMILES string of the molecule is CCCCc1nc(C)c(C(=O)Nc2ccc(OCC)c(S(=O)(=O)N3CCCC3)c2)s1. The lowest BCUT2D eigenvalue weighted by molar-refractivity contribution is 0.102. The van der Waals surface area contributed by atoms with Crippen LogP contribution in [0, 0.1) is 6.92 Å². The molecule has 0 aliphatic carbocycles. The van der Waals surface area contributed by atoms with Gasteiger partial charge in [-0.15, -0.1) is 11.3 Å². The summed E-state index contributed by atoms with van der Waals surface area (Å²) in [5, 5.41) is 3.78. The lowest BCUT2D eigenvalue weighted by atomic mass is 10.2. The molecule has 0 saturated carbocycles. The zero-order valence-electron chi connectivity index (χ0n) is 17.7. The van der Waals surface area contributed by atoms with Gasteiger partial charge in [-0.1, -0.05) is 13.3 Å². The topological polar surface area (TPSA) is 88.6 Å². The highest BCUT2D eigenvalue weighted by molar-refractivity contribution is 7.89. The highest BCUT2D eigenvalue weighted by Crippen LogP contribution is 2.32. The number of nitrogens with one attached hydrogen (secondary N) is 1. The quantitative estimate of drug-likeness (QED) is 0.616. The number of aryl methyl sites for hydroxylation is 2. The predicted molar refractivity (Wildman–Crippen MR) is 119 cm³/mol. The molecule has 30 heavy (non-hydrogen) atoms. The van der Waals surface area contributed by atoms with Crippen molar-refractivity contribution in [2.75, 3.05) is 25.0 Å². The molecule has 9 heteroatoms. The first-order chi connectivity index (χ1) is 14.4. The van der Waals surface area contributed by atoms with Crippen molar-refractivity contribution in [3.8, 4) is 5.75 Å². The van der Waals surface area contributed by atoms with Crippen LogP contribution in [0.3, 0.4) is 0 Å². The summed E-state index contributed by atoms with van der Waals surface area (Å²) < 4.78 is 33.3.